The highest BCUT2D eigenvalue weighted by molar-refractivity contribution is 5.86. The molecule has 3 aromatic carbocycles. The maximum absolute atomic E-state index is 13.5. The van der Waals surface area contributed by atoms with Gasteiger partial charge in [0.15, 0.2) is 11.5 Å². The average molecular weight is 471 g/mol. The second-order valence-electron chi connectivity index (χ2n) is 9.16. The van der Waals surface area contributed by atoms with Crippen LogP contribution in [0.25, 0.3) is 10.9 Å². The van der Waals surface area contributed by atoms with E-state index in [1.807, 2.05) is 36.2 Å². The molecule has 0 saturated carbocycles. The van der Waals surface area contributed by atoms with Gasteiger partial charge < -0.3 is 19.4 Å². The molecular formula is C30H34N2O3. The van der Waals surface area contributed by atoms with Gasteiger partial charge in [0.25, 0.3) is 0 Å². The van der Waals surface area contributed by atoms with Gasteiger partial charge in [-0.15, -0.1) is 0 Å². The molecule has 1 amide bonds. The third kappa shape index (κ3) is 5.35. The largest absolute Gasteiger partial charge is 0.493 e. The standard InChI is InChI=1S/C30H34N2O3/c1-20-10-12-23(21(2)16-20)25(26-19-31-27-9-7-6-8-24(26)27)18-30(33)32(3)15-14-22-11-13-28(34-4)29(17-22)35-5/h6-13,16-17,19,25,31H,14-15,18H2,1-5H3/t25-/m0/s1. The van der Waals surface area contributed by atoms with Crippen molar-refractivity contribution in [3.8, 4) is 11.5 Å². The minimum absolute atomic E-state index is 0.0252. The lowest BCUT2D eigenvalue weighted by Gasteiger charge is -2.24. The van der Waals surface area contributed by atoms with Crippen LogP contribution in [0, 0.1) is 13.8 Å². The molecule has 0 bridgehead atoms. The number of hydrogen-bond donors (Lipinski definition) is 1. The Bertz CT molecular complexity index is 1320. The van der Waals surface area contributed by atoms with Crippen molar-refractivity contribution in [2.75, 3.05) is 27.8 Å². The van der Waals surface area contributed by atoms with Gasteiger partial charge in [0.05, 0.1) is 14.2 Å². The minimum Gasteiger partial charge on any atom is -0.493 e. The van der Waals surface area contributed by atoms with Crippen LogP contribution >= 0.6 is 0 Å². The van der Waals surface area contributed by atoms with Crippen molar-refractivity contribution in [3.05, 3.63) is 94.7 Å². The zero-order valence-electron chi connectivity index (χ0n) is 21.2. The number of carbonyl (C=O) groups is 1. The van der Waals surface area contributed by atoms with Gasteiger partial charge in [0.2, 0.25) is 5.91 Å². The summed E-state index contributed by atoms with van der Waals surface area (Å²) in [5.41, 5.74) is 6.98. The number of aromatic amines is 1. The number of H-pyrrole nitrogens is 1. The van der Waals surface area contributed by atoms with E-state index in [1.54, 1.807) is 14.2 Å². The predicted molar refractivity (Wildman–Crippen MR) is 142 cm³/mol. The number of aromatic nitrogens is 1. The first-order chi connectivity index (χ1) is 16.9. The smallest absolute Gasteiger partial charge is 0.223 e. The molecule has 1 heterocycles. The minimum atomic E-state index is -0.0252. The van der Waals surface area contributed by atoms with E-state index in [1.165, 1.54) is 22.1 Å². The predicted octanol–water partition coefficient (Wildman–Crippen LogP) is 6.03. The van der Waals surface area contributed by atoms with Crippen LogP contribution in [-0.2, 0) is 11.2 Å². The zero-order valence-corrected chi connectivity index (χ0v) is 21.2. The topological polar surface area (TPSA) is 54.6 Å². The first-order valence-electron chi connectivity index (χ1n) is 12.0. The fraction of sp³-hybridized carbons (Fsp3) is 0.300. The lowest BCUT2D eigenvalue weighted by atomic mass is 9.85. The third-order valence-electron chi connectivity index (χ3n) is 6.79. The Morgan fingerprint density at radius 2 is 1.71 bits per heavy atom. The van der Waals surface area contributed by atoms with Gasteiger partial charge in [0.1, 0.15) is 0 Å². The van der Waals surface area contributed by atoms with E-state index < -0.39 is 0 Å². The van der Waals surface area contributed by atoms with Crippen LogP contribution < -0.4 is 9.47 Å². The van der Waals surface area contributed by atoms with E-state index in [0.29, 0.717) is 24.5 Å². The summed E-state index contributed by atoms with van der Waals surface area (Å²) in [6, 6.07) is 20.7. The van der Waals surface area contributed by atoms with Gasteiger partial charge in [0, 0.05) is 43.0 Å². The molecule has 0 spiro atoms. The van der Waals surface area contributed by atoms with Crippen LogP contribution in [0.5, 0.6) is 11.5 Å². The number of methoxy groups -OCH3 is 2. The Balaban J connectivity index is 1.55. The van der Waals surface area contributed by atoms with Crippen molar-refractivity contribution in [3.63, 3.8) is 0 Å². The molecule has 182 valence electrons. The molecule has 0 radical (unpaired) electrons. The number of amides is 1. The number of carbonyl (C=O) groups excluding carboxylic acids is 1. The first-order valence-corrected chi connectivity index (χ1v) is 12.0. The fourth-order valence-corrected chi connectivity index (χ4v) is 4.77. The number of aryl methyl sites for hydroxylation is 2. The SMILES string of the molecule is COc1ccc(CCN(C)C(=O)C[C@@H](c2ccc(C)cc2C)c2c[nH]c3ccccc23)cc1OC. The molecule has 4 rings (SSSR count). The summed E-state index contributed by atoms with van der Waals surface area (Å²) in [7, 11) is 5.15. The number of fused-ring (bicyclic) bond motifs is 1. The molecule has 0 aliphatic heterocycles. The van der Waals surface area contributed by atoms with E-state index in [0.717, 1.165) is 23.1 Å². The van der Waals surface area contributed by atoms with E-state index in [9.17, 15) is 4.79 Å². The summed E-state index contributed by atoms with van der Waals surface area (Å²) in [6.07, 6.45) is 3.21. The van der Waals surface area contributed by atoms with Gasteiger partial charge in [-0.2, -0.15) is 0 Å². The van der Waals surface area contributed by atoms with Crippen LogP contribution in [0.4, 0.5) is 0 Å². The van der Waals surface area contributed by atoms with Crippen LogP contribution in [0.2, 0.25) is 0 Å². The lowest BCUT2D eigenvalue weighted by Crippen LogP contribution is -2.30. The number of benzene rings is 3. The molecule has 0 fully saturated rings. The van der Waals surface area contributed by atoms with E-state index in [-0.39, 0.29) is 11.8 Å². The summed E-state index contributed by atoms with van der Waals surface area (Å²) in [6.45, 7) is 4.86. The van der Waals surface area contributed by atoms with Gasteiger partial charge >= 0.3 is 0 Å². The first kappa shape index (κ1) is 24.4. The lowest BCUT2D eigenvalue weighted by molar-refractivity contribution is -0.130. The molecule has 0 saturated heterocycles. The van der Waals surface area contributed by atoms with Crippen molar-refractivity contribution in [1.82, 2.24) is 9.88 Å². The molecule has 0 aliphatic rings. The number of nitrogens with zero attached hydrogens (tertiary/aromatic N) is 1. The molecule has 1 N–H and O–H groups in total. The summed E-state index contributed by atoms with van der Waals surface area (Å²) < 4.78 is 10.8. The molecule has 0 unspecified atom stereocenters. The maximum atomic E-state index is 13.5. The summed E-state index contributed by atoms with van der Waals surface area (Å²) in [4.78, 5) is 18.7. The highest BCUT2D eigenvalue weighted by atomic mass is 16.5. The number of ether oxygens (including phenoxy) is 2. The monoisotopic (exact) mass is 470 g/mol. The molecule has 35 heavy (non-hydrogen) atoms. The Labute approximate surface area is 207 Å². The zero-order chi connectivity index (χ0) is 24.9. The number of rotatable bonds is 9. The quantitative estimate of drug-likeness (QED) is 0.325. The third-order valence-corrected chi connectivity index (χ3v) is 6.79. The van der Waals surface area contributed by atoms with E-state index in [4.69, 9.17) is 9.47 Å². The van der Waals surface area contributed by atoms with Gasteiger partial charge in [-0.05, 0) is 60.7 Å². The van der Waals surface area contributed by atoms with Gasteiger partial charge in [-0.3, -0.25) is 4.79 Å². The van der Waals surface area contributed by atoms with Crippen molar-refractivity contribution >= 4 is 16.8 Å². The molecular weight excluding hydrogens is 436 g/mol. The van der Waals surface area contributed by atoms with Gasteiger partial charge in [-0.1, -0.05) is 48.0 Å². The van der Waals surface area contributed by atoms with Crippen molar-refractivity contribution in [2.45, 2.75) is 32.6 Å². The molecule has 4 aromatic rings. The van der Waals surface area contributed by atoms with Crippen LogP contribution in [0.1, 0.15) is 40.2 Å². The van der Waals surface area contributed by atoms with Crippen molar-refractivity contribution in [2.24, 2.45) is 0 Å². The summed E-state index contributed by atoms with van der Waals surface area (Å²) >= 11 is 0. The van der Waals surface area contributed by atoms with Gasteiger partial charge in [-0.25, -0.2) is 0 Å². The molecule has 0 aliphatic carbocycles. The average Bonchev–Trinajstić information content (AvgIpc) is 3.29. The Morgan fingerprint density at radius 3 is 2.46 bits per heavy atom. The normalized spacial score (nSPS) is 11.9. The van der Waals surface area contributed by atoms with E-state index in [2.05, 4.69) is 61.4 Å². The number of hydrogen-bond acceptors (Lipinski definition) is 3. The summed E-state index contributed by atoms with van der Waals surface area (Å²) in [5, 5.41) is 1.17. The maximum Gasteiger partial charge on any atom is 0.223 e. The second-order valence-corrected chi connectivity index (χ2v) is 9.16. The number of nitrogens with one attached hydrogen (secondary N) is 1. The second kappa shape index (κ2) is 10.7. The van der Waals surface area contributed by atoms with Crippen LogP contribution in [-0.4, -0.2) is 43.6 Å². The number of para-hydroxylation sites is 1. The van der Waals surface area contributed by atoms with Crippen molar-refractivity contribution < 1.29 is 14.3 Å². The van der Waals surface area contributed by atoms with Crippen LogP contribution in [0.3, 0.4) is 0 Å². The molecule has 1 atom stereocenters. The van der Waals surface area contributed by atoms with Crippen LogP contribution in [0.15, 0.2) is 66.9 Å². The highest BCUT2D eigenvalue weighted by Gasteiger charge is 2.24. The summed E-state index contributed by atoms with van der Waals surface area (Å²) in [5.74, 6) is 1.51. The Hall–Kier alpha value is -3.73. The fourth-order valence-electron chi connectivity index (χ4n) is 4.77. The molecule has 5 heteroatoms. The van der Waals surface area contributed by atoms with E-state index >= 15 is 0 Å². The number of likely N-dealkylation sites (N-methyl/N-ethyl adjacent to an activating group) is 1. The van der Waals surface area contributed by atoms with Crippen molar-refractivity contribution in [1.29, 1.82) is 0 Å². The Morgan fingerprint density at radius 1 is 0.943 bits per heavy atom. The molecule has 5 nitrogen and oxygen atoms in total. The molecule has 1 aromatic heterocycles. The highest BCUT2D eigenvalue weighted by Crippen LogP contribution is 2.36. The Kier molecular flexibility index (Phi) is 7.45.